The van der Waals surface area contributed by atoms with Crippen molar-refractivity contribution >= 4 is 15.9 Å². The highest BCUT2D eigenvalue weighted by atomic mass is 32.2. The summed E-state index contributed by atoms with van der Waals surface area (Å²) in [6, 6.07) is 6.37. The van der Waals surface area contributed by atoms with Gasteiger partial charge in [0.25, 0.3) is 5.91 Å². The van der Waals surface area contributed by atoms with Gasteiger partial charge in [-0.2, -0.15) is 4.31 Å². The lowest BCUT2D eigenvalue weighted by atomic mass is 10.1. The molecule has 0 saturated carbocycles. The smallest absolute Gasteiger partial charge is 0.253 e. The number of carbonyl (C=O) groups excluding carboxylic acids is 1. The predicted octanol–water partition coefficient (Wildman–Crippen LogP) is 2.22. The highest BCUT2D eigenvalue weighted by Crippen LogP contribution is 2.22. The Morgan fingerprint density at radius 2 is 1.96 bits per heavy atom. The minimum atomic E-state index is -3.52. The first kappa shape index (κ1) is 19.9. The molecule has 25 heavy (non-hydrogen) atoms. The molecular weight excluding hydrogens is 340 g/mol. The van der Waals surface area contributed by atoms with Gasteiger partial charge in [-0.25, -0.2) is 8.42 Å². The number of hydrogen-bond donors (Lipinski definition) is 0. The lowest BCUT2D eigenvalue weighted by molar-refractivity contribution is 0.0672. The fraction of sp³-hybridized carbons (Fsp3) is 0.611. The van der Waals surface area contributed by atoms with Crippen LogP contribution in [0.4, 0.5) is 0 Å². The molecule has 1 heterocycles. The summed E-state index contributed by atoms with van der Waals surface area (Å²) in [6.07, 6.45) is 1.77. The Bertz CT molecular complexity index is 682. The van der Waals surface area contributed by atoms with Crippen LogP contribution in [0.5, 0.6) is 0 Å². The molecule has 2 rings (SSSR count). The van der Waals surface area contributed by atoms with E-state index < -0.39 is 10.0 Å². The van der Waals surface area contributed by atoms with Gasteiger partial charge in [0.1, 0.15) is 0 Å². The van der Waals surface area contributed by atoms with E-state index in [2.05, 4.69) is 0 Å². The summed E-state index contributed by atoms with van der Waals surface area (Å²) >= 11 is 0. The molecule has 1 aromatic carbocycles. The Labute approximate surface area is 150 Å². The second kappa shape index (κ2) is 8.78. The molecule has 0 atom stereocenters. The largest absolute Gasteiger partial charge is 0.383 e. The van der Waals surface area contributed by atoms with Gasteiger partial charge in [-0.15, -0.1) is 0 Å². The monoisotopic (exact) mass is 368 g/mol. The van der Waals surface area contributed by atoms with Crippen molar-refractivity contribution in [2.24, 2.45) is 5.92 Å². The molecule has 0 bridgehead atoms. The molecule has 0 aliphatic carbocycles. The van der Waals surface area contributed by atoms with E-state index in [0.717, 1.165) is 12.8 Å². The zero-order valence-electron chi connectivity index (χ0n) is 15.3. The van der Waals surface area contributed by atoms with Gasteiger partial charge in [0, 0.05) is 38.9 Å². The molecule has 7 heteroatoms. The number of benzene rings is 1. The average molecular weight is 368 g/mol. The van der Waals surface area contributed by atoms with Crippen LogP contribution in [0.25, 0.3) is 0 Å². The van der Waals surface area contributed by atoms with Crippen LogP contribution in [0.2, 0.25) is 0 Å². The van der Waals surface area contributed by atoms with E-state index in [1.807, 2.05) is 13.8 Å². The molecule has 140 valence electrons. The minimum absolute atomic E-state index is 0.163. The van der Waals surface area contributed by atoms with Gasteiger partial charge in [0.15, 0.2) is 0 Å². The summed E-state index contributed by atoms with van der Waals surface area (Å²) < 4.78 is 32.0. The molecule has 1 aliphatic heterocycles. The Morgan fingerprint density at radius 3 is 2.56 bits per heavy atom. The van der Waals surface area contributed by atoms with Gasteiger partial charge < -0.3 is 9.64 Å². The maximum Gasteiger partial charge on any atom is 0.253 e. The summed E-state index contributed by atoms with van der Waals surface area (Å²) in [4.78, 5) is 14.8. The number of nitrogens with zero attached hydrogens (tertiary/aromatic N) is 2. The van der Waals surface area contributed by atoms with Crippen molar-refractivity contribution in [1.29, 1.82) is 0 Å². The van der Waals surface area contributed by atoms with E-state index in [-0.39, 0.29) is 10.8 Å². The van der Waals surface area contributed by atoms with E-state index in [0.29, 0.717) is 44.3 Å². The predicted molar refractivity (Wildman–Crippen MR) is 97.1 cm³/mol. The zero-order valence-corrected chi connectivity index (χ0v) is 16.1. The van der Waals surface area contributed by atoms with Crippen LogP contribution in [0.1, 0.15) is 37.0 Å². The highest BCUT2D eigenvalue weighted by Gasteiger charge is 2.28. The van der Waals surface area contributed by atoms with Crippen LogP contribution in [0, 0.1) is 5.92 Å². The van der Waals surface area contributed by atoms with Crippen molar-refractivity contribution in [2.75, 3.05) is 39.9 Å². The Morgan fingerprint density at radius 1 is 1.28 bits per heavy atom. The third kappa shape index (κ3) is 5.03. The van der Waals surface area contributed by atoms with Crippen LogP contribution in [-0.4, -0.2) is 63.4 Å². The van der Waals surface area contributed by atoms with Crippen LogP contribution in [0.3, 0.4) is 0 Å². The number of methoxy groups -OCH3 is 1. The maximum absolute atomic E-state index is 12.8. The van der Waals surface area contributed by atoms with Crippen LogP contribution in [-0.2, 0) is 14.8 Å². The highest BCUT2D eigenvalue weighted by molar-refractivity contribution is 7.89. The number of rotatable bonds is 8. The molecule has 1 aliphatic rings. The van der Waals surface area contributed by atoms with E-state index >= 15 is 0 Å². The fourth-order valence-electron chi connectivity index (χ4n) is 2.97. The molecule has 1 amide bonds. The lowest BCUT2D eigenvalue weighted by Gasteiger charge is -2.24. The maximum atomic E-state index is 12.8. The van der Waals surface area contributed by atoms with E-state index in [1.54, 1.807) is 30.2 Å². The second-order valence-electron chi connectivity index (χ2n) is 6.78. The first-order valence-corrected chi connectivity index (χ1v) is 10.2. The van der Waals surface area contributed by atoms with Gasteiger partial charge in [-0.1, -0.05) is 19.9 Å². The summed E-state index contributed by atoms with van der Waals surface area (Å²) in [5.41, 5.74) is 0.400. The third-order valence-electron chi connectivity index (χ3n) is 4.22. The number of carbonyl (C=O) groups is 1. The Balaban J connectivity index is 2.24. The van der Waals surface area contributed by atoms with Gasteiger partial charge in [0.05, 0.1) is 11.5 Å². The van der Waals surface area contributed by atoms with Gasteiger partial charge in [-0.05, 0) is 37.0 Å². The van der Waals surface area contributed by atoms with Crippen LogP contribution in [0.15, 0.2) is 29.2 Å². The summed E-state index contributed by atoms with van der Waals surface area (Å²) in [6.45, 7) is 6.72. The number of ether oxygens (including phenoxy) is 1. The topological polar surface area (TPSA) is 66.9 Å². The van der Waals surface area contributed by atoms with Crippen molar-refractivity contribution in [1.82, 2.24) is 9.21 Å². The number of amides is 1. The van der Waals surface area contributed by atoms with Crippen molar-refractivity contribution in [3.05, 3.63) is 29.8 Å². The molecule has 1 aromatic rings. The minimum Gasteiger partial charge on any atom is -0.383 e. The molecule has 0 radical (unpaired) electrons. The number of hydrogen-bond acceptors (Lipinski definition) is 4. The van der Waals surface area contributed by atoms with E-state index in [4.69, 9.17) is 4.74 Å². The zero-order chi connectivity index (χ0) is 18.4. The van der Waals surface area contributed by atoms with E-state index in [9.17, 15) is 13.2 Å². The van der Waals surface area contributed by atoms with Crippen LogP contribution >= 0.6 is 0 Å². The summed E-state index contributed by atoms with van der Waals surface area (Å²) in [5, 5.41) is 0. The molecule has 6 nitrogen and oxygen atoms in total. The van der Waals surface area contributed by atoms with Crippen molar-refractivity contribution in [3.63, 3.8) is 0 Å². The summed E-state index contributed by atoms with van der Waals surface area (Å²) in [7, 11) is -1.92. The first-order valence-electron chi connectivity index (χ1n) is 8.74. The molecule has 1 saturated heterocycles. The molecule has 0 aromatic heterocycles. The van der Waals surface area contributed by atoms with Crippen molar-refractivity contribution < 1.29 is 17.9 Å². The van der Waals surface area contributed by atoms with Gasteiger partial charge in [0.2, 0.25) is 10.0 Å². The quantitative estimate of drug-likeness (QED) is 0.706. The molecular formula is C18H28N2O4S. The second-order valence-corrected chi connectivity index (χ2v) is 8.71. The fourth-order valence-corrected chi connectivity index (χ4v) is 4.53. The Kier molecular flexibility index (Phi) is 6.98. The SMILES string of the molecule is COCCN(CC(C)C)C(=O)c1cccc(S(=O)(=O)N2CCCC2)c1. The first-order chi connectivity index (χ1) is 11.9. The molecule has 1 fully saturated rings. The average Bonchev–Trinajstić information content (AvgIpc) is 3.13. The summed E-state index contributed by atoms with van der Waals surface area (Å²) in [5.74, 6) is 0.154. The molecule has 0 spiro atoms. The molecule has 0 N–H and O–H groups in total. The Hall–Kier alpha value is -1.44. The molecule has 0 unspecified atom stereocenters. The van der Waals surface area contributed by atoms with Crippen LogP contribution < -0.4 is 0 Å². The standard InChI is InChI=1S/C18H28N2O4S/c1-15(2)14-19(11-12-24-3)18(21)16-7-6-8-17(13-16)25(22,23)20-9-4-5-10-20/h6-8,13,15H,4-5,9-12,14H2,1-3H3. The normalized spacial score (nSPS) is 15.7. The lowest BCUT2D eigenvalue weighted by Crippen LogP contribution is -2.37. The number of sulfonamides is 1. The van der Waals surface area contributed by atoms with Gasteiger partial charge in [-0.3, -0.25) is 4.79 Å². The van der Waals surface area contributed by atoms with Crippen molar-refractivity contribution in [2.45, 2.75) is 31.6 Å². The van der Waals surface area contributed by atoms with E-state index in [1.165, 1.54) is 10.4 Å². The third-order valence-corrected chi connectivity index (χ3v) is 6.12. The van der Waals surface area contributed by atoms with Crippen molar-refractivity contribution in [3.8, 4) is 0 Å². The van der Waals surface area contributed by atoms with Gasteiger partial charge >= 0.3 is 0 Å².